The molecule has 2 atom stereocenters. The van der Waals surface area contributed by atoms with E-state index in [4.69, 9.17) is 4.74 Å². The Morgan fingerprint density at radius 2 is 2.11 bits per heavy atom. The molecule has 2 amide bonds. The lowest BCUT2D eigenvalue weighted by atomic mass is 9.93. The molecule has 0 bridgehead atoms. The first-order valence-electron chi connectivity index (χ1n) is 9.81. The van der Waals surface area contributed by atoms with Crippen LogP contribution in [0.5, 0.6) is 0 Å². The van der Waals surface area contributed by atoms with Crippen LogP contribution in [0.2, 0.25) is 0 Å². The highest BCUT2D eigenvalue weighted by Gasteiger charge is 2.37. The Hall–Kier alpha value is -2.08. The number of benzene rings is 1. The summed E-state index contributed by atoms with van der Waals surface area (Å²) in [6.07, 6.45) is 3.05. The van der Waals surface area contributed by atoms with Crippen molar-refractivity contribution in [2.24, 2.45) is 0 Å². The minimum Gasteiger partial charge on any atom is -0.444 e. The van der Waals surface area contributed by atoms with E-state index < -0.39 is 17.8 Å². The van der Waals surface area contributed by atoms with Gasteiger partial charge in [0.15, 0.2) is 0 Å². The first kappa shape index (κ1) is 19.7. The zero-order valence-electron chi connectivity index (χ0n) is 16.5. The number of fused-ring (bicyclic) bond motifs is 1. The van der Waals surface area contributed by atoms with E-state index in [0.717, 1.165) is 24.8 Å². The van der Waals surface area contributed by atoms with Crippen LogP contribution in [0.1, 0.15) is 62.8 Å². The van der Waals surface area contributed by atoms with Gasteiger partial charge in [0.2, 0.25) is 5.91 Å². The van der Waals surface area contributed by atoms with Crippen LogP contribution in [0.15, 0.2) is 18.2 Å². The number of aliphatic hydroxyl groups is 1. The van der Waals surface area contributed by atoms with E-state index in [2.05, 4.69) is 11.4 Å². The summed E-state index contributed by atoms with van der Waals surface area (Å²) in [5.41, 5.74) is 2.96. The molecule has 0 radical (unpaired) electrons. The average molecular weight is 374 g/mol. The minimum atomic E-state index is -0.689. The van der Waals surface area contributed by atoms with Gasteiger partial charge in [0.1, 0.15) is 5.60 Å². The summed E-state index contributed by atoms with van der Waals surface area (Å²) in [6, 6.07) is 5.86. The lowest BCUT2D eigenvalue weighted by Crippen LogP contribution is -2.43. The molecule has 0 saturated carbocycles. The van der Waals surface area contributed by atoms with Crippen LogP contribution in [0.4, 0.5) is 4.79 Å². The van der Waals surface area contributed by atoms with Crippen molar-refractivity contribution in [3.8, 4) is 0 Å². The quantitative estimate of drug-likeness (QED) is 0.831. The van der Waals surface area contributed by atoms with E-state index in [1.807, 2.05) is 12.1 Å². The summed E-state index contributed by atoms with van der Waals surface area (Å²) < 4.78 is 5.22. The molecule has 6 nitrogen and oxygen atoms in total. The zero-order valence-corrected chi connectivity index (χ0v) is 16.5. The number of ether oxygens (including phenoxy) is 1. The number of rotatable bonds is 5. The normalized spacial score (nSPS) is 20.5. The molecule has 3 rings (SSSR count). The van der Waals surface area contributed by atoms with Gasteiger partial charge >= 0.3 is 6.09 Å². The fraction of sp³-hybridized carbons (Fsp3) is 0.619. The van der Waals surface area contributed by atoms with Crippen LogP contribution in [-0.4, -0.2) is 46.7 Å². The molecule has 1 unspecified atom stereocenters. The Balaban J connectivity index is 1.63. The van der Waals surface area contributed by atoms with Crippen molar-refractivity contribution < 1.29 is 19.4 Å². The monoisotopic (exact) mass is 374 g/mol. The fourth-order valence-corrected chi connectivity index (χ4v) is 4.10. The SMILES string of the molecule is CC(C)(C)OC(=O)NCCN1C(=O)CCC1[C@H](O)c1cccc2c1CCC2. The van der Waals surface area contributed by atoms with Gasteiger partial charge in [-0.25, -0.2) is 4.79 Å². The Bertz CT molecular complexity index is 711. The van der Waals surface area contributed by atoms with Gasteiger partial charge in [-0.2, -0.15) is 0 Å². The van der Waals surface area contributed by atoms with Gasteiger partial charge in [0, 0.05) is 19.5 Å². The third-order valence-electron chi connectivity index (χ3n) is 5.26. The average Bonchev–Trinajstić information content (AvgIpc) is 3.19. The van der Waals surface area contributed by atoms with Crippen molar-refractivity contribution in [3.63, 3.8) is 0 Å². The molecular weight excluding hydrogens is 344 g/mol. The third kappa shape index (κ3) is 4.61. The number of hydrogen-bond acceptors (Lipinski definition) is 4. The van der Waals surface area contributed by atoms with Crippen molar-refractivity contribution in [3.05, 3.63) is 34.9 Å². The summed E-state index contributed by atoms with van der Waals surface area (Å²) >= 11 is 0. The minimum absolute atomic E-state index is 0.0256. The van der Waals surface area contributed by atoms with Crippen LogP contribution in [0.3, 0.4) is 0 Å². The van der Waals surface area contributed by atoms with E-state index in [9.17, 15) is 14.7 Å². The maximum Gasteiger partial charge on any atom is 0.407 e. The van der Waals surface area contributed by atoms with E-state index in [1.165, 1.54) is 11.1 Å². The summed E-state index contributed by atoms with van der Waals surface area (Å²) in [7, 11) is 0. The van der Waals surface area contributed by atoms with E-state index in [0.29, 0.717) is 25.9 Å². The number of hydrogen-bond donors (Lipinski definition) is 2. The number of alkyl carbamates (subject to hydrolysis) is 1. The number of amides is 2. The highest BCUT2D eigenvalue weighted by molar-refractivity contribution is 5.79. The summed E-state index contributed by atoms with van der Waals surface area (Å²) in [5.74, 6) is 0.0256. The first-order chi connectivity index (χ1) is 12.8. The molecule has 1 aliphatic carbocycles. The maximum absolute atomic E-state index is 12.3. The van der Waals surface area contributed by atoms with Crippen LogP contribution >= 0.6 is 0 Å². The Labute approximate surface area is 160 Å². The van der Waals surface area contributed by atoms with Gasteiger partial charge in [0.25, 0.3) is 0 Å². The van der Waals surface area contributed by atoms with E-state index >= 15 is 0 Å². The second kappa shape index (κ2) is 7.89. The molecule has 1 saturated heterocycles. The predicted molar refractivity (Wildman–Crippen MR) is 102 cm³/mol. The number of aryl methyl sites for hydroxylation is 1. The Morgan fingerprint density at radius 1 is 1.33 bits per heavy atom. The second-order valence-corrected chi connectivity index (χ2v) is 8.41. The van der Waals surface area contributed by atoms with Gasteiger partial charge in [-0.3, -0.25) is 4.79 Å². The lowest BCUT2D eigenvalue weighted by molar-refractivity contribution is -0.130. The molecule has 0 spiro atoms. The third-order valence-corrected chi connectivity index (χ3v) is 5.26. The van der Waals surface area contributed by atoms with Crippen LogP contribution in [0.25, 0.3) is 0 Å². The topological polar surface area (TPSA) is 78.9 Å². The highest BCUT2D eigenvalue weighted by atomic mass is 16.6. The Kier molecular flexibility index (Phi) is 5.75. The standard InChI is InChI=1S/C21H30N2O4/c1-21(2,3)27-20(26)22-12-13-23-17(10-11-18(23)24)19(25)16-9-5-7-14-6-4-8-15(14)16/h5,7,9,17,19,25H,4,6,8,10-13H2,1-3H3,(H,22,26)/t17?,19-/m1/s1. The van der Waals surface area contributed by atoms with Gasteiger partial charge in [-0.05, 0) is 63.1 Å². The fourth-order valence-electron chi connectivity index (χ4n) is 4.10. The number of aliphatic hydroxyl groups excluding tert-OH is 1. The molecule has 2 N–H and O–H groups in total. The number of carbonyl (C=O) groups is 2. The predicted octanol–water partition coefficient (Wildman–Crippen LogP) is 2.72. The molecule has 1 heterocycles. The highest BCUT2D eigenvalue weighted by Crippen LogP contribution is 2.35. The number of likely N-dealkylation sites (tertiary alicyclic amines) is 1. The first-order valence-corrected chi connectivity index (χ1v) is 9.81. The molecule has 0 aromatic heterocycles. The van der Waals surface area contributed by atoms with Crippen molar-refractivity contribution in [1.29, 1.82) is 0 Å². The van der Waals surface area contributed by atoms with Crippen LogP contribution in [-0.2, 0) is 22.4 Å². The number of nitrogens with one attached hydrogen (secondary N) is 1. The molecule has 6 heteroatoms. The molecule has 1 aliphatic heterocycles. The molecule has 2 aliphatic rings. The molecule has 148 valence electrons. The van der Waals surface area contributed by atoms with E-state index in [-0.39, 0.29) is 11.9 Å². The molecule has 1 aromatic rings. The maximum atomic E-state index is 12.3. The van der Waals surface area contributed by atoms with E-state index in [1.54, 1.807) is 25.7 Å². The smallest absolute Gasteiger partial charge is 0.407 e. The van der Waals surface area contributed by atoms with Crippen LogP contribution < -0.4 is 5.32 Å². The molecule has 1 aromatic carbocycles. The second-order valence-electron chi connectivity index (χ2n) is 8.41. The lowest BCUT2D eigenvalue weighted by Gasteiger charge is -2.30. The summed E-state index contributed by atoms with van der Waals surface area (Å²) in [5, 5.41) is 13.7. The summed E-state index contributed by atoms with van der Waals surface area (Å²) in [6.45, 7) is 6.09. The van der Waals surface area contributed by atoms with Gasteiger partial charge < -0.3 is 20.1 Å². The number of carbonyl (C=O) groups excluding carboxylic acids is 2. The van der Waals surface area contributed by atoms with Crippen molar-refractivity contribution in [2.75, 3.05) is 13.1 Å². The molecule has 1 fully saturated rings. The zero-order chi connectivity index (χ0) is 19.6. The van der Waals surface area contributed by atoms with Gasteiger partial charge in [-0.1, -0.05) is 18.2 Å². The molecule has 27 heavy (non-hydrogen) atoms. The van der Waals surface area contributed by atoms with Gasteiger partial charge in [-0.15, -0.1) is 0 Å². The largest absolute Gasteiger partial charge is 0.444 e. The van der Waals surface area contributed by atoms with Crippen LogP contribution in [0, 0.1) is 0 Å². The number of nitrogens with zero attached hydrogens (tertiary/aromatic N) is 1. The summed E-state index contributed by atoms with van der Waals surface area (Å²) in [4.78, 5) is 25.8. The Morgan fingerprint density at radius 3 is 2.85 bits per heavy atom. The van der Waals surface area contributed by atoms with Crippen molar-refractivity contribution in [1.82, 2.24) is 10.2 Å². The van der Waals surface area contributed by atoms with Crippen molar-refractivity contribution in [2.45, 2.75) is 70.6 Å². The molecular formula is C21H30N2O4. The van der Waals surface area contributed by atoms with Crippen molar-refractivity contribution >= 4 is 12.0 Å². The van der Waals surface area contributed by atoms with Gasteiger partial charge in [0.05, 0.1) is 12.1 Å².